The third-order valence-corrected chi connectivity index (χ3v) is 3.69. The smallest absolute Gasteiger partial charge is 0.0746 e. The number of fused-ring (bicyclic) bond motifs is 1. The molecule has 0 aliphatic heterocycles. The molecule has 0 radical (unpaired) electrons. The van der Waals surface area contributed by atoms with Crippen LogP contribution in [0.2, 0.25) is 0 Å². The van der Waals surface area contributed by atoms with Crippen LogP contribution in [0.4, 0.5) is 5.69 Å². The summed E-state index contributed by atoms with van der Waals surface area (Å²) in [5.41, 5.74) is 4.00. The summed E-state index contributed by atoms with van der Waals surface area (Å²) in [6.45, 7) is 13.0. The minimum atomic E-state index is 0.726. The van der Waals surface area contributed by atoms with Crippen LogP contribution in [-0.2, 0) is 0 Å². The van der Waals surface area contributed by atoms with Gasteiger partial charge >= 0.3 is 0 Å². The average molecular weight is 345 g/mol. The minimum Gasteiger partial charge on any atom is -0.284 e. The third-order valence-electron chi connectivity index (χ3n) is 3.69. The van der Waals surface area contributed by atoms with Crippen molar-refractivity contribution in [2.45, 2.75) is 27.7 Å². The fourth-order valence-corrected chi connectivity index (χ4v) is 2.72. The Bertz CT molecular complexity index is 883. The molecule has 2 nitrogen and oxygen atoms in total. The highest BCUT2D eigenvalue weighted by molar-refractivity contribution is 6.21. The molecule has 0 N–H and O–H groups in total. The lowest BCUT2D eigenvalue weighted by molar-refractivity contribution is 0.737. The van der Waals surface area contributed by atoms with Crippen LogP contribution in [0.5, 0.6) is 0 Å². The van der Waals surface area contributed by atoms with Crippen LogP contribution in [0.15, 0.2) is 76.7 Å². The topological polar surface area (TPSA) is 24.7 Å². The molecule has 0 unspecified atom stereocenters. The summed E-state index contributed by atoms with van der Waals surface area (Å²) in [6, 6.07) is 22.7. The Balaban J connectivity index is 0.000000552. The molecule has 0 aliphatic carbocycles. The summed E-state index contributed by atoms with van der Waals surface area (Å²) in [4.78, 5) is 8.90. The van der Waals surface area contributed by atoms with E-state index in [1.54, 1.807) is 0 Å². The first-order chi connectivity index (χ1) is 12.6. The van der Waals surface area contributed by atoms with E-state index in [9.17, 15) is 0 Å². The van der Waals surface area contributed by atoms with Gasteiger partial charge in [0.25, 0.3) is 0 Å². The van der Waals surface area contributed by atoms with E-state index in [2.05, 4.69) is 87.9 Å². The largest absolute Gasteiger partial charge is 0.284 e. The maximum Gasteiger partial charge on any atom is 0.0746 e. The van der Waals surface area contributed by atoms with Crippen LogP contribution < -0.4 is 0 Å². The van der Waals surface area contributed by atoms with Crippen molar-refractivity contribution in [1.82, 2.24) is 0 Å². The molecule has 3 aromatic rings. The van der Waals surface area contributed by atoms with Gasteiger partial charge in [-0.2, -0.15) is 0 Å². The molecule has 0 saturated heterocycles. The number of aliphatic imine (C=N–C) groups is 2. The Morgan fingerprint density at radius 1 is 0.846 bits per heavy atom. The van der Waals surface area contributed by atoms with Gasteiger partial charge < -0.3 is 0 Å². The summed E-state index contributed by atoms with van der Waals surface area (Å²) in [5.74, 6) is 0.833. The standard InChI is InChI=1S/C20H18N2.C4H10/c1-3-22-20(18-12-6-7-14-19(18)21-2)17-13-8-10-15-9-4-5-11-16(15)17;1-4(2)3/h4-14H,2-3H2,1H3;4H,1-3H3. The summed E-state index contributed by atoms with van der Waals surface area (Å²) < 4.78 is 0. The summed E-state index contributed by atoms with van der Waals surface area (Å²) >= 11 is 0. The molecule has 0 fully saturated rings. The highest BCUT2D eigenvalue weighted by Gasteiger charge is 2.13. The van der Waals surface area contributed by atoms with Crippen molar-refractivity contribution in [3.8, 4) is 0 Å². The Morgan fingerprint density at radius 2 is 1.42 bits per heavy atom. The fraction of sp³-hybridized carbons (Fsp3) is 0.250. The molecule has 0 amide bonds. The van der Waals surface area contributed by atoms with Crippen LogP contribution in [0, 0.1) is 5.92 Å². The molecule has 0 aromatic heterocycles. The molecule has 3 aromatic carbocycles. The number of para-hydroxylation sites is 1. The van der Waals surface area contributed by atoms with E-state index in [1.807, 2.05) is 18.2 Å². The molecular weight excluding hydrogens is 316 g/mol. The van der Waals surface area contributed by atoms with Crippen LogP contribution >= 0.6 is 0 Å². The zero-order valence-corrected chi connectivity index (χ0v) is 16.2. The average Bonchev–Trinajstić information content (AvgIpc) is 2.65. The van der Waals surface area contributed by atoms with Gasteiger partial charge in [-0.1, -0.05) is 81.4 Å². The van der Waals surface area contributed by atoms with Gasteiger partial charge in [-0.25, -0.2) is 0 Å². The van der Waals surface area contributed by atoms with Crippen molar-refractivity contribution in [3.63, 3.8) is 0 Å². The van der Waals surface area contributed by atoms with E-state index >= 15 is 0 Å². The first kappa shape index (κ1) is 19.6. The summed E-state index contributed by atoms with van der Waals surface area (Å²) in [6.07, 6.45) is 0. The van der Waals surface area contributed by atoms with Gasteiger partial charge in [-0.3, -0.25) is 9.98 Å². The fourth-order valence-electron chi connectivity index (χ4n) is 2.72. The highest BCUT2D eigenvalue weighted by Crippen LogP contribution is 2.26. The Kier molecular flexibility index (Phi) is 7.28. The van der Waals surface area contributed by atoms with Gasteiger partial charge in [0.1, 0.15) is 0 Å². The molecule has 26 heavy (non-hydrogen) atoms. The maximum atomic E-state index is 4.75. The molecule has 0 spiro atoms. The van der Waals surface area contributed by atoms with Gasteiger partial charge in [0, 0.05) is 17.7 Å². The van der Waals surface area contributed by atoms with Crippen LogP contribution in [0.3, 0.4) is 0 Å². The molecule has 0 bridgehead atoms. The molecule has 0 saturated carbocycles. The van der Waals surface area contributed by atoms with Crippen molar-refractivity contribution in [2.75, 3.05) is 6.54 Å². The Labute approximate surface area is 157 Å². The Hall–Kier alpha value is -2.74. The molecule has 2 heteroatoms. The van der Waals surface area contributed by atoms with Gasteiger partial charge in [0.15, 0.2) is 0 Å². The van der Waals surface area contributed by atoms with Crippen molar-refractivity contribution in [3.05, 3.63) is 77.9 Å². The second-order valence-corrected chi connectivity index (χ2v) is 6.76. The van der Waals surface area contributed by atoms with Crippen molar-refractivity contribution < 1.29 is 0 Å². The Morgan fingerprint density at radius 3 is 2.12 bits per heavy atom. The zero-order chi connectivity index (χ0) is 18.9. The number of hydrogen-bond donors (Lipinski definition) is 0. The van der Waals surface area contributed by atoms with E-state index in [1.165, 1.54) is 10.8 Å². The molecule has 3 rings (SSSR count). The van der Waals surface area contributed by atoms with Gasteiger partial charge in [-0.15, -0.1) is 0 Å². The molecule has 0 aliphatic rings. The number of benzene rings is 3. The van der Waals surface area contributed by atoms with E-state index in [0.717, 1.165) is 35.0 Å². The summed E-state index contributed by atoms with van der Waals surface area (Å²) in [5, 5.41) is 2.42. The van der Waals surface area contributed by atoms with Crippen LogP contribution in [0.1, 0.15) is 38.8 Å². The molecular formula is C24H28N2. The van der Waals surface area contributed by atoms with Crippen molar-refractivity contribution in [2.24, 2.45) is 15.9 Å². The summed E-state index contributed by atoms with van der Waals surface area (Å²) in [7, 11) is 0. The minimum absolute atomic E-state index is 0.726. The molecule has 134 valence electrons. The second kappa shape index (κ2) is 9.67. The van der Waals surface area contributed by atoms with Gasteiger partial charge in [0.2, 0.25) is 0 Å². The van der Waals surface area contributed by atoms with E-state index < -0.39 is 0 Å². The SMILES string of the molecule is C=Nc1ccccc1C(=NCC)c1cccc2ccccc12.CC(C)C. The van der Waals surface area contributed by atoms with Gasteiger partial charge in [-0.05, 0) is 36.4 Å². The first-order valence-corrected chi connectivity index (χ1v) is 9.17. The lowest BCUT2D eigenvalue weighted by Gasteiger charge is -2.12. The monoisotopic (exact) mass is 344 g/mol. The molecule has 0 atom stereocenters. The van der Waals surface area contributed by atoms with Crippen LogP contribution in [0.25, 0.3) is 10.8 Å². The third kappa shape index (κ3) is 4.89. The highest BCUT2D eigenvalue weighted by atomic mass is 14.8. The number of nitrogens with zero attached hydrogens (tertiary/aromatic N) is 2. The predicted octanol–water partition coefficient (Wildman–Crippen LogP) is 6.69. The predicted molar refractivity (Wildman–Crippen MR) is 116 cm³/mol. The number of hydrogen-bond acceptors (Lipinski definition) is 2. The first-order valence-electron chi connectivity index (χ1n) is 9.17. The second-order valence-electron chi connectivity index (χ2n) is 6.76. The normalized spacial score (nSPS) is 11.2. The van der Waals surface area contributed by atoms with Crippen molar-refractivity contribution >= 4 is 28.9 Å². The van der Waals surface area contributed by atoms with E-state index in [-0.39, 0.29) is 0 Å². The quantitative estimate of drug-likeness (QED) is 0.471. The van der Waals surface area contributed by atoms with Gasteiger partial charge in [0.05, 0.1) is 11.4 Å². The zero-order valence-electron chi connectivity index (χ0n) is 16.2. The van der Waals surface area contributed by atoms with E-state index in [4.69, 9.17) is 4.99 Å². The van der Waals surface area contributed by atoms with E-state index in [0.29, 0.717) is 0 Å². The lowest BCUT2D eigenvalue weighted by atomic mass is 9.95. The van der Waals surface area contributed by atoms with Crippen molar-refractivity contribution in [1.29, 1.82) is 0 Å². The maximum absolute atomic E-state index is 4.75. The number of rotatable bonds is 4. The lowest BCUT2D eigenvalue weighted by Crippen LogP contribution is -2.05. The van der Waals surface area contributed by atoms with Crippen LogP contribution in [-0.4, -0.2) is 19.0 Å². The molecule has 0 heterocycles.